The molecule has 0 unspecified atom stereocenters. The maximum atomic E-state index is 13.0. The summed E-state index contributed by atoms with van der Waals surface area (Å²) in [5.74, 6) is 0.947. The molecule has 1 amide bonds. The highest BCUT2D eigenvalue weighted by Crippen LogP contribution is 2.42. The van der Waals surface area contributed by atoms with Gasteiger partial charge in [-0.05, 0) is 61.3 Å². The fraction of sp³-hybridized carbons (Fsp3) is 0.600. The normalized spacial score (nSPS) is 20.3. The molecule has 4 nitrogen and oxygen atoms in total. The Balaban J connectivity index is 1.61. The summed E-state index contributed by atoms with van der Waals surface area (Å²) >= 11 is 0. The molecule has 2 fully saturated rings. The first-order valence-corrected chi connectivity index (χ1v) is 8.92. The number of nitrogens with zero attached hydrogens (tertiary/aromatic N) is 2. The Kier molecular flexibility index (Phi) is 4.29. The SMILES string of the molecule is CC(C)(C)C1CCN(C(=O)C2(Nc3ccc(C#N)cc3)CC2)CC1. The van der Waals surface area contributed by atoms with Gasteiger partial charge in [0.25, 0.3) is 0 Å². The molecule has 1 aromatic rings. The van der Waals surface area contributed by atoms with Gasteiger partial charge in [-0.15, -0.1) is 0 Å². The van der Waals surface area contributed by atoms with Crippen LogP contribution in [0.25, 0.3) is 0 Å². The molecule has 1 aromatic carbocycles. The number of hydrogen-bond donors (Lipinski definition) is 1. The molecule has 0 radical (unpaired) electrons. The molecule has 3 rings (SSSR count). The Morgan fingerprint density at radius 2 is 1.79 bits per heavy atom. The lowest BCUT2D eigenvalue weighted by Gasteiger charge is -2.40. The number of hydrogen-bond acceptors (Lipinski definition) is 3. The van der Waals surface area contributed by atoms with E-state index in [0.717, 1.165) is 44.5 Å². The molecular formula is C20H27N3O. The maximum Gasteiger partial charge on any atom is 0.248 e. The Bertz CT molecular complexity index is 639. The van der Waals surface area contributed by atoms with Crippen LogP contribution in [0.4, 0.5) is 5.69 Å². The summed E-state index contributed by atoms with van der Waals surface area (Å²) < 4.78 is 0. The second kappa shape index (κ2) is 6.12. The third-order valence-electron chi connectivity index (χ3n) is 5.56. The lowest BCUT2D eigenvalue weighted by Crippen LogP contribution is -2.49. The molecule has 1 N–H and O–H groups in total. The number of rotatable bonds is 3. The third kappa shape index (κ3) is 3.40. The Morgan fingerprint density at radius 3 is 2.25 bits per heavy atom. The van der Waals surface area contributed by atoms with Gasteiger partial charge in [-0.1, -0.05) is 20.8 Å². The molecule has 128 valence electrons. The van der Waals surface area contributed by atoms with Gasteiger partial charge in [-0.2, -0.15) is 5.26 Å². The maximum absolute atomic E-state index is 13.0. The number of amides is 1. The third-order valence-corrected chi connectivity index (χ3v) is 5.56. The van der Waals surface area contributed by atoms with Crippen molar-refractivity contribution in [1.29, 1.82) is 5.26 Å². The number of anilines is 1. The number of carbonyl (C=O) groups is 1. The van der Waals surface area contributed by atoms with Gasteiger partial charge >= 0.3 is 0 Å². The number of carbonyl (C=O) groups excluding carboxylic acids is 1. The zero-order chi connectivity index (χ0) is 17.4. The first-order chi connectivity index (χ1) is 11.3. The largest absolute Gasteiger partial charge is 0.371 e. The van der Waals surface area contributed by atoms with Gasteiger partial charge in [0, 0.05) is 18.8 Å². The Hall–Kier alpha value is -2.02. The minimum Gasteiger partial charge on any atom is -0.371 e. The van der Waals surface area contributed by atoms with Crippen LogP contribution in [0.3, 0.4) is 0 Å². The van der Waals surface area contributed by atoms with Crippen LogP contribution in [0.5, 0.6) is 0 Å². The molecule has 1 saturated heterocycles. The van der Waals surface area contributed by atoms with Crippen molar-refractivity contribution >= 4 is 11.6 Å². The molecular weight excluding hydrogens is 298 g/mol. The first-order valence-electron chi connectivity index (χ1n) is 8.92. The molecule has 1 aliphatic heterocycles. The van der Waals surface area contributed by atoms with Crippen molar-refractivity contribution in [2.45, 2.75) is 52.0 Å². The lowest BCUT2D eigenvalue weighted by atomic mass is 9.75. The first kappa shape index (κ1) is 16.8. The van der Waals surface area contributed by atoms with E-state index in [4.69, 9.17) is 5.26 Å². The van der Waals surface area contributed by atoms with Gasteiger partial charge in [0.1, 0.15) is 5.54 Å². The highest BCUT2D eigenvalue weighted by Gasteiger charge is 2.52. The Labute approximate surface area is 144 Å². The summed E-state index contributed by atoms with van der Waals surface area (Å²) in [6, 6.07) is 9.47. The predicted molar refractivity (Wildman–Crippen MR) is 95.5 cm³/mol. The fourth-order valence-corrected chi connectivity index (χ4v) is 3.67. The van der Waals surface area contributed by atoms with Crippen LogP contribution in [0.15, 0.2) is 24.3 Å². The van der Waals surface area contributed by atoms with Gasteiger partial charge in [0.2, 0.25) is 5.91 Å². The van der Waals surface area contributed by atoms with E-state index in [1.807, 2.05) is 17.0 Å². The number of nitriles is 1. The summed E-state index contributed by atoms with van der Waals surface area (Å²) in [6.07, 6.45) is 3.99. The molecule has 2 aliphatic rings. The van der Waals surface area contributed by atoms with Crippen molar-refractivity contribution in [3.8, 4) is 6.07 Å². The second-order valence-corrected chi connectivity index (χ2v) is 8.33. The highest BCUT2D eigenvalue weighted by atomic mass is 16.2. The van der Waals surface area contributed by atoms with Crippen LogP contribution in [-0.2, 0) is 4.79 Å². The van der Waals surface area contributed by atoms with E-state index >= 15 is 0 Å². The number of nitrogens with one attached hydrogen (secondary N) is 1. The molecule has 0 atom stereocenters. The van der Waals surface area contributed by atoms with E-state index in [0.29, 0.717) is 16.9 Å². The van der Waals surface area contributed by atoms with E-state index < -0.39 is 5.54 Å². The zero-order valence-corrected chi connectivity index (χ0v) is 14.9. The molecule has 1 saturated carbocycles. The summed E-state index contributed by atoms with van der Waals surface area (Å²) in [5, 5.41) is 12.3. The molecule has 1 heterocycles. The van der Waals surface area contributed by atoms with Crippen molar-refractivity contribution in [3.63, 3.8) is 0 Å². The molecule has 4 heteroatoms. The smallest absolute Gasteiger partial charge is 0.248 e. The highest BCUT2D eigenvalue weighted by molar-refractivity contribution is 5.92. The minimum absolute atomic E-state index is 0.249. The van der Waals surface area contributed by atoms with Gasteiger partial charge in [0.05, 0.1) is 11.6 Å². The molecule has 0 spiro atoms. The van der Waals surface area contributed by atoms with Crippen LogP contribution in [-0.4, -0.2) is 29.4 Å². The summed E-state index contributed by atoms with van der Waals surface area (Å²) in [4.78, 5) is 15.0. The van der Waals surface area contributed by atoms with E-state index in [1.54, 1.807) is 12.1 Å². The standard InChI is InChI=1S/C20H27N3O/c1-19(2,3)16-8-12-23(13-9-16)18(24)20(10-11-20)22-17-6-4-15(14-21)5-7-17/h4-7,16,22H,8-13H2,1-3H3. The molecule has 0 bridgehead atoms. The topological polar surface area (TPSA) is 56.1 Å². The van der Waals surface area contributed by atoms with Gasteiger partial charge in [-0.25, -0.2) is 0 Å². The summed E-state index contributed by atoms with van der Waals surface area (Å²) in [7, 11) is 0. The van der Waals surface area contributed by atoms with Crippen molar-refractivity contribution in [2.24, 2.45) is 11.3 Å². The van der Waals surface area contributed by atoms with Crippen molar-refractivity contribution in [1.82, 2.24) is 4.90 Å². The van der Waals surface area contributed by atoms with Crippen molar-refractivity contribution in [2.75, 3.05) is 18.4 Å². The van der Waals surface area contributed by atoms with E-state index in [2.05, 4.69) is 32.2 Å². The quantitative estimate of drug-likeness (QED) is 0.920. The van der Waals surface area contributed by atoms with Crippen LogP contribution in [0.1, 0.15) is 52.0 Å². The van der Waals surface area contributed by atoms with Crippen LogP contribution < -0.4 is 5.32 Å². The van der Waals surface area contributed by atoms with Crippen molar-refractivity contribution in [3.05, 3.63) is 29.8 Å². The monoisotopic (exact) mass is 325 g/mol. The average molecular weight is 325 g/mol. The van der Waals surface area contributed by atoms with Crippen molar-refractivity contribution < 1.29 is 4.79 Å². The van der Waals surface area contributed by atoms with E-state index in [1.165, 1.54) is 0 Å². The van der Waals surface area contributed by atoms with Gasteiger partial charge in [0.15, 0.2) is 0 Å². The fourth-order valence-electron chi connectivity index (χ4n) is 3.67. The molecule has 0 aromatic heterocycles. The number of piperidine rings is 1. The van der Waals surface area contributed by atoms with E-state index in [9.17, 15) is 4.79 Å². The van der Waals surface area contributed by atoms with Crippen LogP contribution in [0, 0.1) is 22.7 Å². The Morgan fingerprint density at radius 1 is 1.21 bits per heavy atom. The number of benzene rings is 1. The summed E-state index contributed by atoms with van der Waals surface area (Å²) in [5.41, 5.74) is 1.47. The predicted octanol–water partition coefficient (Wildman–Crippen LogP) is 3.79. The van der Waals surface area contributed by atoms with E-state index in [-0.39, 0.29) is 5.91 Å². The second-order valence-electron chi connectivity index (χ2n) is 8.33. The minimum atomic E-state index is -0.414. The van der Waals surface area contributed by atoms with Crippen LogP contribution in [0.2, 0.25) is 0 Å². The van der Waals surface area contributed by atoms with Gasteiger partial charge in [-0.3, -0.25) is 4.79 Å². The lowest BCUT2D eigenvalue weighted by molar-refractivity contribution is -0.134. The average Bonchev–Trinajstić information content (AvgIpc) is 3.35. The van der Waals surface area contributed by atoms with Gasteiger partial charge < -0.3 is 10.2 Å². The number of likely N-dealkylation sites (tertiary alicyclic amines) is 1. The van der Waals surface area contributed by atoms with Crippen LogP contribution >= 0.6 is 0 Å². The summed E-state index contributed by atoms with van der Waals surface area (Å²) in [6.45, 7) is 8.63. The zero-order valence-electron chi connectivity index (χ0n) is 14.9. The molecule has 1 aliphatic carbocycles. The molecule has 24 heavy (non-hydrogen) atoms.